The second-order valence-electron chi connectivity index (χ2n) is 4.67. The van der Waals surface area contributed by atoms with Crippen molar-refractivity contribution in [3.63, 3.8) is 0 Å². The van der Waals surface area contributed by atoms with E-state index < -0.39 is 0 Å². The van der Waals surface area contributed by atoms with Crippen LogP contribution in [0, 0.1) is 6.92 Å². The van der Waals surface area contributed by atoms with Crippen LogP contribution in [0.3, 0.4) is 0 Å². The number of anilines is 1. The maximum atomic E-state index is 11.9. The van der Waals surface area contributed by atoms with Crippen molar-refractivity contribution < 1.29 is 4.79 Å². The zero-order valence-electron chi connectivity index (χ0n) is 11.5. The fourth-order valence-electron chi connectivity index (χ4n) is 2.12. The highest BCUT2D eigenvalue weighted by atomic mass is 32.1. The van der Waals surface area contributed by atoms with E-state index in [-0.39, 0.29) is 5.91 Å². The quantitative estimate of drug-likeness (QED) is 0.733. The number of hydrogen-bond acceptors (Lipinski definition) is 3. The average Bonchev–Trinajstić information content (AvgIpc) is 2.90. The molecule has 0 aliphatic carbocycles. The number of rotatable bonds is 3. The molecule has 3 nitrogen and oxygen atoms in total. The number of aromatic nitrogens is 1. The number of thiazole rings is 1. The molecular weight excluding hydrogens is 280 g/mol. The van der Waals surface area contributed by atoms with Crippen molar-refractivity contribution in [2.24, 2.45) is 0 Å². The molecule has 1 heterocycles. The summed E-state index contributed by atoms with van der Waals surface area (Å²) in [5.74, 6) is -0.169. The first-order valence-corrected chi connectivity index (χ1v) is 7.43. The minimum Gasteiger partial charge on any atom is -0.298 e. The molecule has 0 atom stereocenters. The largest absolute Gasteiger partial charge is 0.298 e. The number of amides is 1. The van der Waals surface area contributed by atoms with Gasteiger partial charge in [0.25, 0.3) is 0 Å². The lowest BCUT2D eigenvalue weighted by Crippen LogP contribution is -2.07. The van der Waals surface area contributed by atoms with Gasteiger partial charge < -0.3 is 0 Å². The molecule has 0 radical (unpaired) electrons. The number of nitrogens with one attached hydrogen (secondary N) is 1. The first kappa shape index (κ1) is 13.5. The van der Waals surface area contributed by atoms with Gasteiger partial charge in [0, 0.05) is 17.2 Å². The minimum absolute atomic E-state index is 0.169. The first-order chi connectivity index (χ1) is 10.2. The highest BCUT2D eigenvalue weighted by molar-refractivity contribution is 7.15. The lowest BCUT2D eigenvalue weighted by molar-refractivity contribution is -0.111. The Morgan fingerprint density at radius 2 is 2.00 bits per heavy atom. The highest BCUT2D eigenvalue weighted by Gasteiger charge is 2.02. The smallest absolute Gasteiger partial charge is 0.250 e. The molecule has 4 heteroatoms. The molecule has 21 heavy (non-hydrogen) atoms. The maximum Gasteiger partial charge on any atom is 0.250 e. The number of aryl methyl sites for hydroxylation is 1. The van der Waals surface area contributed by atoms with Crippen LogP contribution in [-0.4, -0.2) is 10.9 Å². The van der Waals surface area contributed by atoms with Crippen molar-refractivity contribution in [1.29, 1.82) is 0 Å². The lowest BCUT2D eigenvalue weighted by atomic mass is 10.0. The molecule has 104 valence electrons. The monoisotopic (exact) mass is 294 g/mol. The summed E-state index contributed by atoms with van der Waals surface area (Å²) in [5, 5.41) is 5.68. The van der Waals surface area contributed by atoms with Crippen LogP contribution in [0.4, 0.5) is 5.13 Å². The van der Waals surface area contributed by atoms with Crippen LogP contribution < -0.4 is 5.32 Å². The van der Waals surface area contributed by atoms with E-state index in [2.05, 4.69) is 28.5 Å². The van der Waals surface area contributed by atoms with Crippen molar-refractivity contribution >= 4 is 39.2 Å². The van der Waals surface area contributed by atoms with Gasteiger partial charge in [-0.15, -0.1) is 11.3 Å². The second-order valence-corrected chi connectivity index (χ2v) is 5.90. The molecule has 2 aromatic carbocycles. The second kappa shape index (κ2) is 5.89. The zero-order valence-corrected chi connectivity index (χ0v) is 12.4. The van der Waals surface area contributed by atoms with Gasteiger partial charge in [-0.05, 0) is 29.3 Å². The molecule has 1 amide bonds. The van der Waals surface area contributed by atoms with E-state index in [1.165, 1.54) is 11.3 Å². The number of fused-ring (bicyclic) bond motifs is 1. The summed E-state index contributed by atoms with van der Waals surface area (Å²) in [6, 6.07) is 14.2. The van der Waals surface area contributed by atoms with E-state index in [1.54, 1.807) is 12.3 Å². The third-order valence-corrected chi connectivity index (χ3v) is 3.92. The van der Waals surface area contributed by atoms with Gasteiger partial charge in [-0.3, -0.25) is 10.1 Å². The van der Waals surface area contributed by atoms with Crippen LogP contribution >= 0.6 is 11.3 Å². The van der Waals surface area contributed by atoms with Gasteiger partial charge >= 0.3 is 0 Å². The standard InChI is InChI=1S/C17H14N2OS/c1-12-11-18-17(21-12)19-16(20)10-9-14-7-4-6-13-5-2-3-8-15(13)14/h2-11H,1H3,(H,18,19,20)/b10-9+. The van der Waals surface area contributed by atoms with Gasteiger partial charge in [0.05, 0.1) is 0 Å². The predicted molar refractivity (Wildman–Crippen MR) is 88.5 cm³/mol. The SMILES string of the molecule is Cc1cnc(NC(=O)/C=C/c2cccc3ccccc23)s1. The van der Waals surface area contributed by atoms with E-state index in [0.717, 1.165) is 21.2 Å². The van der Waals surface area contributed by atoms with Gasteiger partial charge in [0.15, 0.2) is 5.13 Å². The molecule has 0 aliphatic heterocycles. The van der Waals surface area contributed by atoms with Crippen molar-refractivity contribution in [3.05, 3.63) is 65.2 Å². The summed E-state index contributed by atoms with van der Waals surface area (Å²) in [7, 11) is 0. The summed E-state index contributed by atoms with van der Waals surface area (Å²) in [4.78, 5) is 17.1. The highest BCUT2D eigenvalue weighted by Crippen LogP contribution is 2.20. The van der Waals surface area contributed by atoms with Crippen LogP contribution in [0.25, 0.3) is 16.8 Å². The molecule has 1 N–H and O–H groups in total. The Bertz CT molecular complexity index is 815. The van der Waals surface area contributed by atoms with Gasteiger partial charge in [-0.25, -0.2) is 4.98 Å². The fourth-order valence-corrected chi connectivity index (χ4v) is 2.79. The first-order valence-electron chi connectivity index (χ1n) is 6.61. The van der Waals surface area contributed by atoms with Gasteiger partial charge in [-0.1, -0.05) is 42.5 Å². The molecule has 0 unspecified atom stereocenters. The van der Waals surface area contributed by atoms with Gasteiger partial charge in [-0.2, -0.15) is 0 Å². The average molecular weight is 294 g/mol. The Morgan fingerprint density at radius 1 is 1.19 bits per heavy atom. The van der Waals surface area contributed by atoms with E-state index in [1.807, 2.05) is 37.3 Å². The summed E-state index contributed by atoms with van der Waals surface area (Å²) in [5.41, 5.74) is 1.03. The molecular formula is C17H14N2OS. The lowest BCUT2D eigenvalue weighted by Gasteiger charge is -2.01. The minimum atomic E-state index is -0.169. The molecule has 1 aromatic heterocycles. The Labute approximate surface area is 127 Å². The van der Waals surface area contributed by atoms with E-state index in [9.17, 15) is 4.79 Å². The Hall–Kier alpha value is -2.46. The Balaban J connectivity index is 1.79. The van der Waals surface area contributed by atoms with Crippen LogP contribution in [0.5, 0.6) is 0 Å². The molecule has 0 aliphatic rings. The summed E-state index contributed by atoms with van der Waals surface area (Å²) >= 11 is 1.46. The van der Waals surface area contributed by atoms with Crippen LogP contribution in [0.15, 0.2) is 54.7 Å². The summed E-state index contributed by atoms with van der Waals surface area (Å²) in [6.45, 7) is 1.96. The molecule has 3 rings (SSSR count). The maximum absolute atomic E-state index is 11.9. The number of nitrogens with zero attached hydrogens (tertiary/aromatic N) is 1. The van der Waals surface area contributed by atoms with E-state index >= 15 is 0 Å². The normalized spacial score (nSPS) is 11.1. The van der Waals surface area contributed by atoms with Crippen LogP contribution in [0.2, 0.25) is 0 Å². The number of hydrogen-bond donors (Lipinski definition) is 1. The van der Waals surface area contributed by atoms with Gasteiger partial charge in [0.2, 0.25) is 5.91 Å². The molecule has 0 fully saturated rings. The third kappa shape index (κ3) is 3.17. The number of benzene rings is 2. The van der Waals surface area contributed by atoms with Crippen molar-refractivity contribution in [2.75, 3.05) is 5.32 Å². The molecule has 0 saturated carbocycles. The third-order valence-electron chi connectivity index (χ3n) is 3.09. The van der Waals surface area contributed by atoms with Crippen LogP contribution in [0.1, 0.15) is 10.4 Å². The number of carbonyl (C=O) groups is 1. The molecule has 0 bridgehead atoms. The predicted octanol–water partition coefficient (Wildman–Crippen LogP) is 4.26. The Kier molecular flexibility index (Phi) is 3.79. The zero-order chi connectivity index (χ0) is 14.7. The topological polar surface area (TPSA) is 42.0 Å². The molecule has 0 saturated heterocycles. The van der Waals surface area contributed by atoms with Crippen molar-refractivity contribution in [3.8, 4) is 0 Å². The van der Waals surface area contributed by atoms with Crippen molar-refractivity contribution in [1.82, 2.24) is 4.98 Å². The Morgan fingerprint density at radius 3 is 2.81 bits per heavy atom. The number of carbonyl (C=O) groups excluding carboxylic acids is 1. The van der Waals surface area contributed by atoms with E-state index in [0.29, 0.717) is 5.13 Å². The van der Waals surface area contributed by atoms with Crippen molar-refractivity contribution in [2.45, 2.75) is 6.92 Å². The molecule has 0 spiro atoms. The van der Waals surface area contributed by atoms with Gasteiger partial charge in [0.1, 0.15) is 0 Å². The fraction of sp³-hybridized carbons (Fsp3) is 0.0588. The molecule has 3 aromatic rings. The summed E-state index contributed by atoms with van der Waals surface area (Å²) < 4.78 is 0. The summed E-state index contributed by atoms with van der Waals surface area (Å²) in [6.07, 6.45) is 5.12. The van der Waals surface area contributed by atoms with E-state index in [4.69, 9.17) is 0 Å². The van der Waals surface area contributed by atoms with Crippen LogP contribution in [-0.2, 0) is 4.79 Å².